The Morgan fingerprint density at radius 3 is 0.701 bits per heavy atom. The Bertz CT molecular complexity index is 1870. The molecule has 0 aromatic carbocycles. The molecule has 5 atom stereocenters. The molecule has 0 saturated heterocycles. The summed E-state index contributed by atoms with van der Waals surface area (Å²) in [5.41, 5.74) is 0. The number of hydrogen-bond donors (Lipinski definition) is 3. The van der Waals surface area contributed by atoms with Gasteiger partial charge in [0.05, 0.1) is 26.4 Å². The highest BCUT2D eigenvalue weighted by molar-refractivity contribution is 7.47. The van der Waals surface area contributed by atoms with Gasteiger partial charge in [0, 0.05) is 25.7 Å². The first-order valence-corrected chi connectivity index (χ1v) is 43.5. The van der Waals surface area contributed by atoms with E-state index in [1.165, 1.54) is 225 Å². The molecule has 0 amide bonds. The molecule has 3 N–H and O–H groups in total. The Hall–Kier alpha value is -1.94. The normalized spacial score (nSPS) is 14.0. The summed E-state index contributed by atoms with van der Waals surface area (Å²) in [5, 5.41) is 10.6. The number of ether oxygens (including phenoxy) is 4. The van der Waals surface area contributed by atoms with Crippen molar-refractivity contribution < 1.29 is 80.2 Å². The van der Waals surface area contributed by atoms with E-state index in [0.29, 0.717) is 25.7 Å². The van der Waals surface area contributed by atoms with Crippen LogP contribution >= 0.6 is 15.6 Å². The number of phosphoric ester groups is 2. The average molecular weight is 1420 g/mol. The summed E-state index contributed by atoms with van der Waals surface area (Å²) in [6.45, 7) is 9.63. The third-order valence-electron chi connectivity index (χ3n) is 18.2. The molecule has 0 spiro atoms. The molecule has 2 unspecified atom stereocenters. The van der Waals surface area contributed by atoms with Gasteiger partial charge >= 0.3 is 39.5 Å². The van der Waals surface area contributed by atoms with E-state index in [9.17, 15) is 43.2 Å². The van der Waals surface area contributed by atoms with Gasteiger partial charge in [-0.15, -0.1) is 0 Å². The molecule has 0 aromatic rings. The zero-order valence-electron chi connectivity index (χ0n) is 63.4. The average Bonchev–Trinajstić information content (AvgIpc) is 1.03. The Morgan fingerprint density at radius 1 is 0.278 bits per heavy atom. The zero-order chi connectivity index (χ0) is 71.4. The number of esters is 4. The number of aliphatic hydroxyl groups is 1. The quantitative estimate of drug-likeness (QED) is 0.0222. The van der Waals surface area contributed by atoms with Crippen LogP contribution in [0.3, 0.4) is 0 Å². The van der Waals surface area contributed by atoms with Crippen LogP contribution in [0, 0.1) is 11.8 Å². The van der Waals surface area contributed by atoms with Gasteiger partial charge in [0.15, 0.2) is 12.2 Å². The lowest BCUT2D eigenvalue weighted by Crippen LogP contribution is -2.30. The fraction of sp³-hybridized carbons (Fsp3) is 0.949. The van der Waals surface area contributed by atoms with E-state index in [-0.39, 0.29) is 25.7 Å². The van der Waals surface area contributed by atoms with Gasteiger partial charge in [-0.1, -0.05) is 356 Å². The van der Waals surface area contributed by atoms with E-state index in [4.69, 9.17) is 37.0 Å². The van der Waals surface area contributed by atoms with E-state index >= 15 is 0 Å². The second-order valence-electron chi connectivity index (χ2n) is 29.1. The second-order valence-corrected chi connectivity index (χ2v) is 32.0. The lowest BCUT2D eigenvalue weighted by molar-refractivity contribution is -0.161. The van der Waals surface area contributed by atoms with Crippen LogP contribution in [0.4, 0.5) is 0 Å². The lowest BCUT2D eigenvalue weighted by Gasteiger charge is -2.21. The molecule has 0 bridgehead atoms. The van der Waals surface area contributed by atoms with Crippen molar-refractivity contribution in [2.45, 2.75) is 426 Å². The summed E-state index contributed by atoms with van der Waals surface area (Å²) in [6, 6.07) is 0. The van der Waals surface area contributed by atoms with Crippen molar-refractivity contribution in [3.05, 3.63) is 0 Å². The molecule has 0 radical (unpaired) electrons. The standard InChI is InChI=1S/C78H152O17P2/c1-7-9-11-13-15-17-19-20-23-27-30-37-43-49-55-61-76(81)89-67-74(94-77(82)62-56-50-44-38-31-28-25-22-21-24-26-29-34-40-46-52-58-70(3)4)69-93-97(86,87)91-65-72(79)64-90-96(84,85)92-68-73(66-88-75(80)60-54-48-42-36-18-16-14-12-10-8-2)95-78(83)63-57-51-45-39-33-32-35-41-47-53-59-71(5)6/h70-74,79H,7-69H2,1-6H3,(H,84,85)(H,86,87)/t72-,73+,74+/m0/s1. The Morgan fingerprint density at radius 2 is 0.474 bits per heavy atom. The Labute approximate surface area is 594 Å². The fourth-order valence-corrected chi connectivity index (χ4v) is 13.6. The van der Waals surface area contributed by atoms with Crippen LogP contribution in [0.5, 0.6) is 0 Å². The van der Waals surface area contributed by atoms with E-state index in [1.807, 2.05) is 0 Å². The molecule has 0 aliphatic rings. The van der Waals surface area contributed by atoms with Gasteiger partial charge in [0.2, 0.25) is 0 Å². The maximum atomic E-state index is 13.1. The van der Waals surface area contributed by atoms with Crippen molar-refractivity contribution in [3.8, 4) is 0 Å². The Kier molecular flexibility index (Phi) is 68.4. The monoisotopic (exact) mass is 1420 g/mol. The lowest BCUT2D eigenvalue weighted by atomic mass is 10.0. The summed E-state index contributed by atoms with van der Waals surface area (Å²) in [5.74, 6) is -0.550. The number of hydrogen-bond acceptors (Lipinski definition) is 15. The number of aliphatic hydroxyl groups excluding tert-OH is 1. The number of unbranched alkanes of at least 4 members (excludes halogenated alkanes) is 47. The van der Waals surface area contributed by atoms with Crippen LogP contribution in [0.1, 0.15) is 408 Å². The first kappa shape index (κ1) is 95.1. The predicted molar refractivity (Wildman–Crippen MR) is 395 cm³/mol. The molecular formula is C78H152O17P2. The minimum absolute atomic E-state index is 0.106. The fourth-order valence-electron chi connectivity index (χ4n) is 12.0. The maximum absolute atomic E-state index is 13.1. The van der Waals surface area contributed by atoms with Crippen molar-refractivity contribution in [1.82, 2.24) is 0 Å². The van der Waals surface area contributed by atoms with Crippen molar-refractivity contribution >= 4 is 39.5 Å². The van der Waals surface area contributed by atoms with E-state index in [1.54, 1.807) is 0 Å². The van der Waals surface area contributed by atoms with Crippen molar-refractivity contribution in [3.63, 3.8) is 0 Å². The van der Waals surface area contributed by atoms with Crippen LogP contribution in [-0.2, 0) is 65.4 Å². The van der Waals surface area contributed by atoms with E-state index in [0.717, 1.165) is 102 Å². The van der Waals surface area contributed by atoms with Gasteiger partial charge in [-0.25, -0.2) is 9.13 Å². The largest absolute Gasteiger partial charge is 0.472 e. The van der Waals surface area contributed by atoms with Gasteiger partial charge in [0.1, 0.15) is 19.3 Å². The van der Waals surface area contributed by atoms with Crippen molar-refractivity contribution in [2.75, 3.05) is 39.6 Å². The number of phosphoric acid groups is 2. The van der Waals surface area contributed by atoms with E-state index in [2.05, 4.69) is 41.5 Å². The zero-order valence-corrected chi connectivity index (χ0v) is 65.2. The molecule has 0 saturated carbocycles. The SMILES string of the molecule is CCCCCCCCCCCCCCCCCC(=O)OC[C@H](COP(=O)(O)OC[C@@H](O)COP(=O)(O)OC[C@@H](COC(=O)CCCCCCCCCCCC)OC(=O)CCCCCCCCCCCCC(C)C)OC(=O)CCCCCCCCCCCCCCCCCCC(C)C. The molecule has 19 heteroatoms. The smallest absolute Gasteiger partial charge is 0.462 e. The molecule has 17 nitrogen and oxygen atoms in total. The van der Waals surface area contributed by atoms with Crippen molar-refractivity contribution in [1.29, 1.82) is 0 Å². The number of carbonyl (C=O) groups excluding carboxylic acids is 4. The number of carbonyl (C=O) groups is 4. The third-order valence-corrected chi connectivity index (χ3v) is 20.1. The predicted octanol–water partition coefficient (Wildman–Crippen LogP) is 23.1. The molecular weight excluding hydrogens is 1270 g/mol. The van der Waals surface area contributed by atoms with Gasteiger partial charge in [0.25, 0.3) is 0 Å². The van der Waals surface area contributed by atoms with Crippen LogP contribution in [-0.4, -0.2) is 96.7 Å². The summed E-state index contributed by atoms with van der Waals surface area (Å²) >= 11 is 0. The highest BCUT2D eigenvalue weighted by Gasteiger charge is 2.30. The topological polar surface area (TPSA) is 237 Å². The van der Waals surface area contributed by atoms with Crippen molar-refractivity contribution in [2.24, 2.45) is 11.8 Å². The summed E-state index contributed by atoms with van der Waals surface area (Å²) in [4.78, 5) is 72.9. The summed E-state index contributed by atoms with van der Waals surface area (Å²) in [7, 11) is -9.91. The molecule has 97 heavy (non-hydrogen) atoms. The van der Waals surface area contributed by atoms with Gasteiger partial charge in [-0.2, -0.15) is 0 Å². The van der Waals surface area contributed by atoms with Crippen LogP contribution in [0.15, 0.2) is 0 Å². The molecule has 0 aliphatic heterocycles. The highest BCUT2D eigenvalue weighted by Crippen LogP contribution is 2.45. The maximum Gasteiger partial charge on any atom is 0.472 e. The molecule has 0 fully saturated rings. The third kappa shape index (κ3) is 72.2. The highest BCUT2D eigenvalue weighted by atomic mass is 31.2. The Balaban J connectivity index is 5.23. The minimum Gasteiger partial charge on any atom is -0.462 e. The number of rotatable bonds is 77. The molecule has 0 heterocycles. The minimum atomic E-state index is -4.96. The van der Waals surface area contributed by atoms with Gasteiger partial charge in [-0.3, -0.25) is 37.3 Å². The van der Waals surface area contributed by atoms with Crippen LogP contribution in [0.2, 0.25) is 0 Å². The molecule has 0 aromatic heterocycles. The summed E-state index contributed by atoms with van der Waals surface area (Å²) < 4.78 is 68.6. The first-order chi connectivity index (χ1) is 46.9. The van der Waals surface area contributed by atoms with E-state index < -0.39 is 97.5 Å². The molecule has 0 rings (SSSR count). The van der Waals surface area contributed by atoms with Gasteiger partial charge < -0.3 is 33.8 Å². The van der Waals surface area contributed by atoms with Crippen LogP contribution < -0.4 is 0 Å². The molecule has 0 aliphatic carbocycles. The first-order valence-electron chi connectivity index (χ1n) is 40.5. The summed E-state index contributed by atoms with van der Waals surface area (Å²) in [6.07, 6.45) is 58.2. The van der Waals surface area contributed by atoms with Crippen LogP contribution in [0.25, 0.3) is 0 Å². The second kappa shape index (κ2) is 69.8. The molecule has 576 valence electrons. The van der Waals surface area contributed by atoms with Gasteiger partial charge in [-0.05, 0) is 37.5 Å².